The van der Waals surface area contributed by atoms with Crippen molar-refractivity contribution in [3.8, 4) is 0 Å². The van der Waals surface area contributed by atoms with Gasteiger partial charge in [0, 0.05) is 42.9 Å². The fourth-order valence-corrected chi connectivity index (χ4v) is 2.84. The van der Waals surface area contributed by atoms with Gasteiger partial charge >= 0.3 is 0 Å². The van der Waals surface area contributed by atoms with Crippen molar-refractivity contribution < 1.29 is 0 Å². The van der Waals surface area contributed by atoms with Gasteiger partial charge in [0.2, 0.25) is 5.95 Å². The van der Waals surface area contributed by atoms with Crippen LogP contribution in [0.4, 0.5) is 5.95 Å². The highest BCUT2D eigenvalue weighted by Crippen LogP contribution is 2.44. The van der Waals surface area contributed by atoms with Gasteiger partial charge in [-0.1, -0.05) is 0 Å². The van der Waals surface area contributed by atoms with Crippen LogP contribution in [0, 0.1) is 0 Å². The molecule has 4 nitrogen and oxygen atoms in total. The molecule has 3 fully saturated rings. The van der Waals surface area contributed by atoms with Crippen LogP contribution in [0.25, 0.3) is 0 Å². The average molecular weight is 258 g/mol. The zero-order valence-corrected chi connectivity index (χ0v) is 11.4. The van der Waals surface area contributed by atoms with E-state index in [-0.39, 0.29) is 0 Å². The number of anilines is 1. The van der Waals surface area contributed by atoms with Crippen LogP contribution in [0.3, 0.4) is 0 Å². The van der Waals surface area contributed by atoms with Gasteiger partial charge in [-0.25, -0.2) is 9.97 Å². The molecular formula is C15H22N4. The first-order valence-electron chi connectivity index (χ1n) is 7.75. The number of hydrogen-bond donors (Lipinski definition) is 1. The minimum Gasteiger partial charge on any atom is -0.339 e. The van der Waals surface area contributed by atoms with Crippen molar-refractivity contribution >= 4 is 5.95 Å². The minimum atomic E-state index is 0.726. The van der Waals surface area contributed by atoms with E-state index >= 15 is 0 Å². The van der Waals surface area contributed by atoms with E-state index < -0.39 is 0 Å². The molecule has 19 heavy (non-hydrogen) atoms. The Bertz CT molecular complexity index is 427. The molecule has 1 aliphatic heterocycles. The summed E-state index contributed by atoms with van der Waals surface area (Å²) in [6.07, 6.45) is 6.48. The van der Waals surface area contributed by atoms with Crippen molar-refractivity contribution in [2.45, 2.75) is 43.9 Å². The Labute approximate surface area is 114 Å². The van der Waals surface area contributed by atoms with Gasteiger partial charge < -0.3 is 10.2 Å². The van der Waals surface area contributed by atoms with Crippen LogP contribution in [0.5, 0.6) is 0 Å². The summed E-state index contributed by atoms with van der Waals surface area (Å²) < 4.78 is 0. The molecule has 4 heteroatoms. The van der Waals surface area contributed by atoms with Gasteiger partial charge in [0.1, 0.15) is 0 Å². The van der Waals surface area contributed by atoms with Gasteiger partial charge in [0.05, 0.1) is 0 Å². The standard InChI is InChI=1S/C15H22N4/c1-6-16-7-9-19(8-1)15-17-13(11-2-3-11)10-14(18-15)12-4-5-12/h10-12,16H,1-9H2. The number of nitrogens with zero attached hydrogens (tertiary/aromatic N) is 3. The van der Waals surface area contributed by atoms with Gasteiger partial charge in [0.15, 0.2) is 0 Å². The molecule has 0 unspecified atom stereocenters. The molecule has 0 aromatic carbocycles. The van der Waals surface area contributed by atoms with Crippen LogP contribution in [0.1, 0.15) is 55.3 Å². The molecule has 3 aliphatic rings. The molecule has 4 rings (SSSR count). The topological polar surface area (TPSA) is 41.1 Å². The van der Waals surface area contributed by atoms with Crippen LogP contribution >= 0.6 is 0 Å². The van der Waals surface area contributed by atoms with Crippen molar-refractivity contribution in [2.75, 3.05) is 31.1 Å². The molecule has 1 N–H and O–H groups in total. The molecule has 1 saturated heterocycles. The van der Waals surface area contributed by atoms with E-state index in [2.05, 4.69) is 16.3 Å². The van der Waals surface area contributed by atoms with E-state index in [1.165, 1.54) is 43.5 Å². The summed E-state index contributed by atoms with van der Waals surface area (Å²) in [6, 6.07) is 2.29. The Kier molecular flexibility index (Phi) is 2.91. The second-order valence-electron chi connectivity index (χ2n) is 6.16. The zero-order chi connectivity index (χ0) is 12.7. The summed E-state index contributed by atoms with van der Waals surface area (Å²) >= 11 is 0. The predicted molar refractivity (Wildman–Crippen MR) is 75.7 cm³/mol. The predicted octanol–water partition coefficient (Wildman–Crippen LogP) is 2.03. The van der Waals surface area contributed by atoms with Gasteiger partial charge in [-0.2, -0.15) is 0 Å². The van der Waals surface area contributed by atoms with Crippen LogP contribution in [-0.4, -0.2) is 36.1 Å². The first-order valence-corrected chi connectivity index (χ1v) is 7.75. The maximum atomic E-state index is 4.86. The fourth-order valence-electron chi connectivity index (χ4n) is 2.84. The number of rotatable bonds is 3. The molecule has 2 heterocycles. The highest BCUT2D eigenvalue weighted by Gasteiger charge is 2.31. The molecule has 2 saturated carbocycles. The van der Waals surface area contributed by atoms with E-state index in [1.54, 1.807) is 0 Å². The van der Waals surface area contributed by atoms with E-state index in [9.17, 15) is 0 Å². The molecule has 2 aliphatic carbocycles. The van der Waals surface area contributed by atoms with Gasteiger partial charge in [-0.15, -0.1) is 0 Å². The van der Waals surface area contributed by atoms with Gasteiger partial charge in [-0.3, -0.25) is 0 Å². The SMILES string of the molecule is c1c(C2CC2)nc(N2CCCNCC2)nc1C1CC1. The van der Waals surface area contributed by atoms with Crippen molar-refractivity contribution in [3.05, 3.63) is 17.5 Å². The van der Waals surface area contributed by atoms with Gasteiger partial charge in [0.25, 0.3) is 0 Å². The lowest BCUT2D eigenvalue weighted by Crippen LogP contribution is -2.30. The lowest BCUT2D eigenvalue weighted by atomic mass is 10.2. The quantitative estimate of drug-likeness (QED) is 0.900. The summed E-state index contributed by atoms with van der Waals surface area (Å²) in [5, 5.41) is 3.45. The molecule has 0 radical (unpaired) electrons. The van der Waals surface area contributed by atoms with Crippen LogP contribution < -0.4 is 10.2 Å². The maximum absolute atomic E-state index is 4.86. The Morgan fingerprint density at radius 2 is 1.63 bits per heavy atom. The summed E-state index contributed by atoms with van der Waals surface area (Å²) in [6.45, 7) is 4.30. The van der Waals surface area contributed by atoms with Crippen molar-refractivity contribution in [1.29, 1.82) is 0 Å². The summed E-state index contributed by atoms with van der Waals surface area (Å²) in [5.41, 5.74) is 2.62. The molecule has 0 atom stereocenters. The molecule has 0 bridgehead atoms. The third-order valence-corrected chi connectivity index (χ3v) is 4.37. The van der Waals surface area contributed by atoms with Crippen molar-refractivity contribution in [3.63, 3.8) is 0 Å². The second-order valence-corrected chi connectivity index (χ2v) is 6.16. The molecule has 0 amide bonds. The molecule has 1 aromatic heterocycles. The lowest BCUT2D eigenvalue weighted by molar-refractivity contribution is 0.724. The van der Waals surface area contributed by atoms with E-state index in [4.69, 9.17) is 9.97 Å². The third kappa shape index (κ3) is 2.59. The first kappa shape index (κ1) is 11.6. The highest BCUT2D eigenvalue weighted by atomic mass is 15.3. The molecular weight excluding hydrogens is 236 g/mol. The van der Waals surface area contributed by atoms with E-state index in [0.29, 0.717) is 0 Å². The Hall–Kier alpha value is -1.16. The van der Waals surface area contributed by atoms with Gasteiger partial charge in [-0.05, 0) is 44.7 Å². The monoisotopic (exact) mass is 258 g/mol. The van der Waals surface area contributed by atoms with Crippen LogP contribution in [-0.2, 0) is 0 Å². The van der Waals surface area contributed by atoms with E-state index in [1.807, 2.05) is 0 Å². The van der Waals surface area contributed by atoms with Crippen molar-refractivity contribution in [2.24, 2.45) is 0 Å². The average Bonchev–Trinajstić information content (AvgIpc) is 3.36. The molecule has 0 spiro atoms. The summed E-state index contributed by atoms with van der Waals surface area (Å²) in [4.78, 5) is 12.1. The number of aromatic nitrogens is 2. The van der Waals surface area contributed by atoms with Crippen LogP contribution in [0.15, 0.2) is 6.07 Å². The number of hydrogen-bond acceptors (Lipinski definition) is 4. The Morgan fingerprint density at radius 3 is 2.26 bits per heavy atom. The minimum absolute atomic E-state index is 0.726. The largest absolute Gasteiger partial charge is 0.339 e. The Morgan fingerprint density at radius 1 is 0.947 bits per heavy atom. The second kappa shape index (κ2) is 4.75. The summed E-state index contributed by atoms with van der Waals surface area (Å²) in [5.74, 6) is 2.45. The third-order valence-electron chi connectivity index (χ3n) is 4.37. The maximum Gasteiger partial charge on any atom is 0.225 e. The van der Waals surface area contributed by atoms with E-state index in [0.717, 1.165) is 44.0 Å². The number of nitrogens with one attached hydrogen (secondary N) is 1. The van der Waals surface area contributed by atoms with Crippen molar-refractivity contribution in [1.82, 2.24) is 15.3 Å². The normalized spacial score (nSPS) is 24.3. The highest BCUT2D eigenvalue weighted by molar-refractivity contribution is 5.36. The lowest BCUT2D eigenvalue weighted by Gasteiger charge is -2.21. The summed E-state index contributed by atoms with van der Waals surface area (Å²) in [7, 11) is 0. The van der Waals surface area contributed by atoms with Crippen LogP contribution in [0.2, 0.25) is 0 Å². The zero-order valence-electron chi connectivity index (χ0n) is 11.4. The Balaban J connectivity index is 1.64. The molecule has 1 aromatic rings. The molecule has 102 valence electrons. The fraction of sp³-hybridized carbons (Fsp3) is 0.733. The smallest absolute Gasteiger partial charge is 0.225 e. The first-order chi connectivity index (χ1) is 9.40.